The number of thiophene rings is 1. The van der Waals surface area contributed by atoms with E-state index in [2.05, 4.69) is 36.2 Å². The van der Waals surface area contributed by atoms with E-state index in [0.717, 1.165) is 52.6 Å². The van der Waals surface area contributed by atoms with Crippen LogP contribution in [-0.2, 0) is 25.0 Å². The molecule has 0 spiro atoms. The summed E-state index contributed by atoms with van der Waals surface area (Å²) in [6.07, 6.45) is 8.96. The first-order valence-electron chi connectivity index (χ1n) is 11.6. The van der Waals surface area contributed by atoms with E-state index in [0.29, 0.717) is 0 Å². The summed E-state index contributed by atoms with van der Waals surface area (Å²) in [5.74, 6) is 1.79. The van der Waals surface area contributed by atoms with Crippen LogP contribution in [0, 0.1) is 0 Å². The van der Waals surface area contributed by atoms with Crippen molar-refractivity contribution < 1.29 is 4.74 Å². The molecule has 4 aromatic rings. The monoisotopic (exact) mass is 463 g/mol. The first-order chi connectivity index (χ1) is 15.6. The Bertz CT molecular complexity index is 1250. The third-order valence-corrected chi connectivity index (χ3v) is 8.20. The van der Waals surface area contributed by atoms with E-state index in [4.69, 9.17) is 14.7 Å². The molecular weight excluding hydrogens is 434 g/mol. The van der Waals surface area contributed by atoms with Crippen LogP contribution in [0.1, 0.15) is 62.4 Å². The van der Waals surface area contributed by atoms with E-state index in [1.54, 1.807) is 29.4 Å². The number of pyridine rings is 1. The van der Waals surface area contributed by atoms with Gasteiger partial charge in [0.05, 0.1) is 16.3 Å². The topological polar surface area (TPSA) is 47.9 Å². The van der Waals surface area contributed by atoms with Crippen LogP contribution in [0.2, 0.25) is 0 Å². The maximum Gasteiger partial charge on any atom is 0.126 e. The molecule has 32 heavy (non-hydrogen) atoms. The van der Waals surface area contributed by atoms with Crippen molar-refractivity contribution in [2.75, 3.05) is 0 Å². The lowest BCUT2D eigenvalue weighted by Gasteiger charge is -2.19. The maximum absolute atomic E-state index is 5.76. The molecule has 4 nitrogen and oxygen atoms in total. The lowest BCUT2D eigenvalue weighted by molar-refractivity contribution is 0.242. The first kappa shape index (κ1) is 21.7. The highest BCUT2D eigenvalue weighted by Crippen LogP contribution is 2.42. The summed E-state index contributed by atoms with van der Waals surface area (Å²) in [6.45, 7) is 6.34. The van der Waals surface area contributed by atoms with Crippen LogP contribution in [0.4, 0.5) is 0 Å². The normalized spacial score (nSPS) is 13.8. The molecule has 0 unspecified atom stereocenters. The molecule has 1 aliphatic rings. The summed E-state index contributed by atoms with van der Waals surface area (Å²) in [6, 6.07) is 8.39. The van der Waals surface area contributed by atoms with Crippen molar-refractivity contribution in [1.29, 1.82) is 0 Å². The van der Waals surface area contributed by atoms with Crippen molar-refractivity contribution in [1.82, 2.24) is 15.0 Å². The number of fused-ring (bicyclic) bond motifs is 5. The second-order valence-corrected chi connectivity index (χ2v) is 10.7. The third kappa shape index (κ3) is 4.23. The molecule has 5 rings (SSSR count). The van der Waals surface area contributed by atoms with Crippen LogP contribution in [0.15, 0.2) is 35.6 Å². The smallest absolute Gasteiger partial charge is 0.126 e. The van der Waals surface area contributed by atoms with Gasteiger partial charge in [-0.3, -0.25) is 0 Å². The number of aromatic nitrogens is 3. The Hall–Kier alpha value is -2.18. The quantitative estimate of drug-likeness (QED) is 0.215. The average Bonchev–Trinajstić information content (AvgIpc) is 3.18. The van der Waals surface area contributed by atoms with Crippen molar-refractivity contribution >= 4 is 43.5 Å². The Morgan fingerprint density at radius 2 is 1.84 bits per heavy atom. The van der Waals surface area contributed by atoms with Gasteiger partial charge in [0.1, 0.15) is 21.9 Å². The van der Waals surface area contributed by atoms with E-state index in [9.17, 15) is 0 Å². The molecule has 0 atom stereocenters. The van der Waals surface area contributed by atoms with Gasteiger partial charge in [0.2, 0.25) is 0 Å². The molecule has 0 radical (unpaired) electrons. The van der Waals surface area contributed by atoms with Gasteiger partial charge in [0.25, 0.3) is 0 Å². The number of rotatable bonds is 7. The van der Waals surface area contributed by atoms with E-state index in [1.165, 1.54) is 45.3 Å². The van der Waals surface area contributed by atoms with Crippen LogP contribution in [0.3, 0.4) is 0 Å². The van der Waals surface area contributed by atoms with Crippen LogP contribution in [0.25, 0.3) is 20.4 Å². The van der Waals surface area contributed by atoms with Crippen molar-refractivity contribution in [3.05, 3.63) is 53.0 Å². The zero-order chi connectivity index (χ0) is 22.1. The van der Waals surface area contributed by atoms with Gasteiger partial charge in [-0.25, -0.2) is 15.0 Å². The standard InChI is InChI=1S/C26H29N3OS2/c1-4-7-21-19-8-5-6-9-20(19)22-23-24(32-25(22)29-21)26(28-15-27-23)31-14-17-10-12-18(13-11-17)30-16(2)3/h10-13,15-16H,4-9,14H2,1-3H3. The summed E-state index contributed by atoms with van der Waals surface area (Å²) in [4.78, 5) is 15.7. The fourth-order valence-corrected chi connectivity index (χ4v) is 6.76. The van der Waals surface area contributed by atoms with E-state index in [-0.39, 0.29) is 6.10 Å². The van der Waals surface area contributed by atoms with Crippen molar-refractivity contribution in [3.8, 4) is 5.75 Å². The number of nitrogens with zero attached hydrogens (tertiary/aromatic N) is 3. The van der Waals surface area contributed by atoms with Crippen molar-refractivity contribution in [2.24, 2.45) is 0 Å². The second-order valence-electron chi connectivity index (χ2n) is 8.71. The van der Waals surface area contributed by atoms with Gasteiger partial charge in [-0.05, 0) is 74.8 Å². The Labute approximate surface area is 197 Å². The van der Waals surface area contributed by atoms with Gasteiger partial charge in [-0.15, -0.1) is 23.1 Å². The fourth-order valence-electron chi connectivity index (χ4n) is 4.55. The van der Waals surface area contributed by atoms with Crippen LogP contribution in [0.5, 0.6) is 5.75 Å². The van der Waals surface area contributed by atoms with Crippen LogP contribution < -0.4 is 4.74 Å². The molecular formula is C26H29N3OS2. The highest BCUT2D eigenvalue weighted by Gasteiger charge is 2.23. The number of aryl methyl sites for hydroxylation is 2. The minimum Gasteiger partial charge on any atom is -0.491 e. The first-order valence-corrected chi connectivity index (χ1v) is 13.4. The van der Waals surface area contributed by atoms with Crippen LogP contribution >= 0.6 is 23.1 Å². The molecule has 0 amide bonds. The molecule has 0 N–H and O–H groups in total. The Kier molecular flexibility index (Phi) is 6.33. The highest BCUT2D eigenvalue weighted by atomic mass is 32.2. The van der Waals surface area contributed by atoms with Gasteiger partial charge in [0.15, 0.2) is 0 Å². The minimum atomic E-state index is 0.190. The number of ether oxygens (including phenoxy) is 1. The summed E-state index contributed by atoms with van der Waals surface area (Å²) in [5, 5.41) is 2.35. The number of hydrogen-bond donors (Lipinski definition) is 0. The average molecular weight is 464 g/mol. The zero-order valence-corrected chi connectivity index (χ0v) is 20.6. The Balaban J connectivity index is 1.49. The summed E-state index contributed by atoms with van der Waals surface area (Å²) >= 11 is 3.55. The summed E-state index contributed by atoms with van der Waals surface area (Å²) in [7, 11) is 0. The number of hydrogen-bond acceptors (Lipinski definition) is 6. The van der Waals surface area contributed by atoms with Gasteiger partial charge in [-0.1, -0.05) is 25.5 Å². The van der Waals surface area contributed by atoms with E-state index >= 15 is 0 Å². The molecule has 0 aliphatic heterocycles. The molecule has 0 saturated carbocycles. The molecule has 166 valence electrons. The fraction of sp³-hybridized carbons (Fsp3) is 0.423. The van der Waals surface area contributed by atoms with Gasteiger partial charge < -0.3 is 4.74 Å². The predicted molar refractivity (Wildman–Crippen MR) is 135 cm³/mol. The second kappa shape index (κ2) is 9.36. The van der Waals surface area contributed by atoms with Gasteiger partial charge in [-0.2, -0.15) is 0 Å². The molecule has 6 heteroatoms. The van der Waals surface area contributed by atoms with Crippen molar-refractivity contribution in [2.45, 2.75) is 76.2 Å². The van der Waals surface area contributed by atoms with E-state index in [1.807, 2.05) is 13.8 Å². The molecule has 1 aromatic carbocycles. The minimum absolute atomic E-state index is 0.190. The maximum atomic E-state index is 5.76. The molecule has 3 heterocycles. The molecule has 0 fully saturated rings. The van der Waals surface area contributed by atoms with E-state index < -0.39 is 0 Å². The largest absolute Gasteiger partial charge is 0.491 e. The number of benzene rings is 1. The zero-order valence-electron chi connectivity index (χ0n) is 19.0. The van der Waals surface area contributed by atoms with Crippen LogP contribution in [-0.4, -0.2) is 21.1 Å². The SMILES string of the molecule is CCCc1nc2sc3c(SCc4ccc(OC(C)C)cc4)ncnc3c2c2c1CCCC2. The van der Waals surface area contributed by atoms with Crippen molar-refractivity contribution in [3.63, 3.8) is 0 Å². The van der Waals surface area contributed by atoms with Gasteiger partial charge >= 0.3 is 0 Å². The third-order valence-electron chi connectivity index (χ3n) is 5.93. The molecule has 0 saturated heterocycles. The lowest BCUT2D eigenvalue weighted by atomic mass is 9.88. The summed E-state index contributed by atoms with van der Waals surface area (Å²) < 4.78 is 6.94. The Morgan fingerprint density at radius 1 is 1.06 bits per heavy atom. The highest BCUT2D eigenvalue weighted by molar-refractivity contribution is 7.98. The lowest BCUT2D eigenvalue weighted by Crippen LogP contribution is -2.09. The molecule has 3 aromatic heterocycles. The van der Waals surface area contributed by atoms with Gasteiger partial charge in [0, 0.05) is 16.8 Å². The number of thioether (sulfide) groups is 1. The Morgan fingerprint density at radius 3 is 2.59 bits per heavy atom. The summed E-state index contributed by atoms with van der Waals surface area (Å²) in [5.41, 5.74) is 6.68. The molecule has 1 aliphatic carbocycles. The predicted octanol–water partition coefficient (Wildman–Crippen LogP) is 7.15. The molecule has 0 bridgehead atoms.